The minimum absolute atomic E-state index is 0.0761. The number of sulfonamides is 1. The third-order valence-electron chi connectivity index (χ3n) is 3.81. The van der Waals surface area contributed by atoms with Gasteiger partial charge in [0.1, 0.15) is 4.90 Å². The molecule has 1 aliphatic rings. The zero-order valence-electron chi connectivity index (χ0n) is 11.9. The average molecular weight is 338 g/mol. The molecule has 0 amide bonds. The molecule has 1 saturated heterocycles. The maximum absolute atomic E-state index is 14.0. The van der Waals surface area contributed by atoms with Gasteiger partial charge in [-0.15, -0.1) is 11.6 Å². The molecule has 1 aromatic rings. The summed E-state index contributed by atoms with van der Waals surface area (Å²) in [6, 6.07) is 1.86. The van der Waals surface area contributed by atoms with E-state index in [9.17, 15) is 17.2 Å². The summed E-state index contributed by atoms with van der Waals surface area (Å²) in [6.07, 6.45) is 1.46. The normalized spacial score (nSPS) is 20.4. The van der Waals surface area contributed by atoms with Gasteiger partial charge < -0.3 is 0 Å². The highest BCUT2D eigenvalue weighted by molar-refractivity contribution is 7.89. The summed E-state index contributed by atoms with van der Waals surface area (Å²) in [5.74, 6) is -2.48. The monoisotopic (exact) mass is 337 g/mol. The molecule has 0 saturated carbocycles. The smallest absolute Gasteiger partial charge is 0.207 e. The van der Waals surface area contributed by atoms with E-state index in [1.54, 1.807) is 0 Å². The van der Waals surface area contributed by atoms with Gasteiger partial charge in [0, 0.05) is 18.5 Å². The molecule has 118 valence electrons. The Kier molecular flexibility index (Phi) is 4.90. The fourth-order valence-electron chi connectivity index (χ4n) is 2.74. The predicted octanol–water partition coefficient (Wildman–Crippen LogP) is 3.51. The van der Waals surface area contributed by atoms with E-state index in [0.29, 0.717) is 6.54 Å². The molecule has 1 aromatic carbocycles. The van der Waals surface area contributed by atoms with Gasteiger partial charge in [-0.25, -0.2) is 17.2 Å². The molecule has 21 heavy (non-hydrogen) atoms. The van der Waals surface area contributed by atoms with Crippen molar-refractivity contribution < 1.29 is 17.2 Å². The molecule has 3 nitrogen and oxygen atoms in total. The first kappa shape index (κ1) is 16.6. The summed E-state index contributed by atoms with van der Waals surface area (Å²) in [5, 5.41) is 0. The Labute approximate surface area is 129 Å². The average Bonchev–Trinajstić information content (AvgIpc) is 2.91. The third-order valence-corrected chi connectivity index (χ3v) is 6.05. The minimum Gasteiger partial charge on any atom is -0.207 e. The summed E-state index contributed by atoms with van der Waals surface area (Å²) in [5.41, 5.74) is 0.245. The van der Waals surface area contributed by atoms with Gasteiger partial charge in [0.2, 0.25) is 10.0 Å². The lowest BCUT2D eigenvalue weighted by Gasteiger charge is -2.27. The Morgan fingerprint density at radius 2 is 2.05 bits per heavy atom. The Hall–Kier alpha value is -0.720. The summed E-state index contributed by atoms with van der Waals surface area (Å²) in [6.45, 7) is 4.17. The SMILES string of the molecule is CC(C)C1CCCN1S(=O)(=O)c1cc(CCl)cc(F)c1F. The van der Waals surface area contributed by atoms with Crippen LogP contribution in [0.1, 0.15) is 32.3 Å². The number of hydrogen-bond acceptors (Lipinski definition) is 2. The van der Waals surface area contributed by atoms with Crippen molar-refractivity contribution in [2.75, 3.05) is 6.54 Å². The van der Waals surface area contributed by atoms with Crippen molar-refractivity contribution in [1.29, 1.82) is 0 Å². The van der Waals surface area contributed by atoms with Crippen LogP contribution in [-0.2, 0) is 15.9 Å². The number of alkyl halides is 1. The minimum atomic E-state index is -4.06. The summed E-state index contributed by atoms with van der Waals surface area (Å²) >= 11 is 5.61. The second-order valence-electron chi connectivity index (χ2n) is 5.59. The number of benzene rings is 1. The van der Waals surface area contributed by atoms with Crippen LogP contribution >= 0.6 is 11.6 Å². The Balaban J connectivity index is 2.51. The second-order valence-corrected chi connectivity index (χ2v) is 7.72. The molecular formula is C14H18ClF2NO2S. The van der Waals surface area contributed by atoms with Crippen molar-refractivity contribution in [1.82, 2.24) is 4.31 Å². The number of rotatable bonds is 4. The quantitative estimate of drug-likeness (QED) is 0.788. The first-order valence-corrected chi connectivity index (χ1v) is 8.82. The maximum atomic E-state index is 14.0. The highest BCUT2D eigenvalue weighted by atomic mass is 35.5. The van der Waals surface area contributed by atoms with Gasteiger partial charge >= 0.3 is 0 Å². The van der Waals surface area contributed by atoms with Crippen molar-refractivity contribution in [2.24, 2.45) is 5.92 Å². The Morgan fingerprint density at radius 3 is 2.62 bits per heavy atom. The first-order valence-electron chi connectivity index (χ1n) is 6.84. The van der Waals surface area contributed by atoms with Crippen molar-refractivity contribution in [2.45, 2.75) is 43.5 Å². The molecule has 2 rings (SSSR count). The number of halogens is 3. The summed E-state index contributed by atoms with van der Waals surface area (Å²) < 4.78 is 54.2. The molecule has 1 aliphatic heterocycles. The molecule has 1 heterocycles. The second kappa shape index (κ2) is 6.18. The maximum Gasteiger partial charge on any atom is 0.246 e. The molecule has 0 bridgehead atoms. The molecular weight excluding hydrogens is 320 g/mol. The lowest BCUT2D eigenvalue weighted by molar-refractivity contribution is 0.314. The van der Waals surface area contributed by atoms with Crippen LogP contribution in [0.3, 0.4) is 0 Å². The van der Waals surface area contributed by atoms with Gasteiger partial charge in [0.25, 0.3) is 0 Å². The van der Waals surface area contributed by atoms with E-state index in [0.717, 1.165) is 25.0 Å². The summed E-state index contributed by atoms with van der Waals surface area (Å²) in [4.78, 5) is -0.620. The fraction of sp³-hybridized carbons (Fsp3) is 0.571. The van der Waals surface area contributed by atoms with E-state index < -0.39 is 26.6 Å². The van der Waals surface area contributed by atoms with E-state index in [2.05, 4.69) is 0 Å². The molecule has 0 aromatic heterocycles. The van der Waals surface area contributed by atoms with Crippen molar-refractivity contribution >= 4 is 21.6 Å². The van der Waals surface area contributed by atoms with Gasteiger partial charge in [0.05, 0.1) is 0 Å². The molecule has 0 radical (unpaired) electrons. The zero-order chi connectivity index (χ0) is 15.8. The number of nitrogens with zero attached hydrogens (tertiary/aromatic N) is 1. The van der Waals surface area contributed by atoms with E-state index in [-0.39, 0.29) is 23.4 Å². The number of hydrogen-bond donors (Lipinski definition) is 0. The van der Waals surface area contributed by atoms with Crippen molar-refractivity contribution in [3.8, 4) is 0 Å². The van der Waals surface area contributed by atoms with Crippen LogP contribution in [0.15, 0.2) is 17.0 Å². The Morgan fingerprint density at radius 1 is 1.38 bits per heavy atom. The van der Waals surface area contributed by atoms with Crippen LogP contribution < -0.4 is 0 Å². The molecule has 0 aliphatic carbocycles. The largest absolute Gasteiger partial charge is 0.246 e. The molecule has 0 spiro atoms. The lowest BCUT2D eigenvalue weighted by atomic mass is 10.0. The third kappa shape index (κ3) is 3.07. The summed E-state index contributed by atoms with van der Waals surface area (Å²) in [7, 11) is -4.06. The molecule has 1 fully saturated rings. The van der Waals surface area contributed by atoms with Crippen molar-refractivity contribution in [3.05, 3.63) is 29.3 Å². The van der Waals surface area contributed by atoms with E-state index in [1.807, 2.05) is 13.8 Å². The van der Waals surface area contributed by atoms with Crippen LogP contribution in [0.5, 0.6) is 0 Å². The molecule has 1 atom stereocenters. The van der Waals surface area contributed by atoms with Crippen LogP contribution in [0.25, 0.3) is 0 Å². The lowest BCUT2D eigenvalue weighted by Crippen LogP contribution is -2.39. The van der Waals surface area contributed by atoms with Crippen LogP contribution in [-0.4, -0.2) is 25.3 Å². The highest BCUT2D eigenvalue weighted by Crippen LogP contribution is 2.32. The predicted molar refractivity (Wildman–Crippen MR) is 77.7 cm³/mol. The van der Waals surface area contributed by atoms with Gasteiger partial charge in [0.15, 0.2) is 11.6 Å². The first-order chi connectivity index (χ1) is 9.78. The molecule has 7 heteroatoms. The van der Waals surface area contributed by atoms with Crippen molar-refractivity contribution in [3.63, 3.8) is 0 Å². The Bertz CT molecular complexity index is 634. The van der Waals surface area contributed by atoms with Gasteiger partial charge in [-0.1, -0.05) is 13.8 Å². The van der Waals surface area contributed by atoms with E-state index in [4.69, 9.17) is 11.6 Å². The van der Waals surface area contributed by atoms with E-state index in [1.165, 1.54) is 4.31 Å². The van der Waals surface area contributed by atoms with Gasteiger partial charge in [-0.05, 0) is 36.5 Å². The van der Waals surface area contributed by atoms with Crippen LogP contribution in [0.4, 0.5) is 8.78 Å². The van der Waals surface area contributed by atoms with Gasteiger partial charge in [-0.3, -0.25) is 0 Å². The standard InChI is InChI=1S/C14H18ClF2NO2S/c1-9(2)12-4-3-5-18(12)21(19,20)13-7-10(8-15)6-11(16)14(13)17/h6-7,9,12H,3-5,8H2,1-2H3. The fourth-order valence-corrected chi connectivity index (χ4v) is 4.84. The van der Waals surface area contributed by atoms with Crippen LogP contribution in [0.2, 0.25) is 0 Å². The van der Waals surface area contributed by atoms with Gasteiger partial charge in [-0.2, -0.15) is 4.31 Å². The van der Waals surface area contributed by atoms with Crippen LogP contribution in [0, 0.1) is 17.6 Å². The zero-order valence-corrected chi connectivity index (χ0v) is 13.5. The highest BCUT2D eigenvalue weighted by Gasteiger charge is 2.38. The molecule has 0 N–H and O–H groups in total. The molecule has 1 unspecified atom stereocenters. The van der Waals surface area contributed by atoms with E-state index >= 15 is 0 Å². The topological polar surface area (TPSA) is 37.4 Å².